The van der Waals surface area contributed by atoms with Crippen LogP contribution in [0.1, 0.15) is 17.0 Å². The Kier molecular flexibility index (Phi) is 8.11. The first kappa shape index (κ1) is 24.8. The second-order valence-corrected chi connectivity index (χ2v) is 10.7. The first-order valence-electron chi connectivity index (χ1n) is 11.1. The molecule has 0 saturated heterocycles. The number of hydrogen-bond acceptors (Lipinski definition) is 7. The fourth-order valence-corrected chi connectivity index (χ4v) is 5.05. The Morgan fingerprint density at radius 2 is 1.71 bits per heavy atom. The van der Waals surface area contributed by atoms with Crippen LogP contribution in [-0.2, 0) is 27.7 Å². The lowest BCUT2D eigenvalue weighted by atomic mass is 10.1. The summed E-state index contributed by atoms with van der Waals surface area (Å²) in [6.07, 6.45) is 1.09. The highest BCUT2D eigenvalue weighted by atomic mass is 32.2. The molecule has 0 aliphatic rings. The molecule has 182 valence electrons. The first-order valence-corrected chi connectivity index (χ1v) is 13.6. The molecule has 2 N–H and O–H groups in total. The van der Waals surface area contributed by atoms with Gasteiger partial charge < -0.3 is 5.32 Å². The second-order valence-electron chi connectivity index (χ2n) is 7.89. The Morgan fingerprint density at radius 1 is 0.943 bits per heavy atom. The zero-order valence-electron chi connectivity index (χ0n) is 19.2. The fourth-order valence-electron chi connectivity index (χ4n) is 3.33. The van der Waals surface area contributed by atoms with Crippen molar-refractivity contribution in [3.63, 3.8) is 0 Å². The Bertz CT molecular complexity index is 1390. The van der Waals surface area contributed by atoms with Gasteiger partial charge in [0.05, 0.1) is 10.6 Å². The maximum absolute atomic E-state index is 12.5. The second kappa shape index (κ2) is 11.4. The number of fused-ring (bicyclic) bond motifs is 1. The van der Waals surface area contributed by atoms with E-state index in [2.05, 4.69) is 25.3 Å². The van der Waals surface area contributed by atoms with E-state index < -0.39 is 10.0 Å². The average molecular weight is 511 g/mol. The number of thioether (sulfide) groups is 1. The lowest BCUT2D eigenvalue weighted by molar-refractivity contribution is -0.118. The smallest absolute Gasteiger partial charge is 0.240 e. The predicted octanol–water partition coefficient (Wildman–Crippen LogP) is 2.40. The van der Waals surface area contributed by atoms with Crippen molar-refractivity contribution in [2.24, 2.45) is 0 Å². The van der Waals surface area contributed by atoms with Crippen LogP contribution in [0.3, 0.4) is 0 Å². The molecule has 2 heterocycles. The largest absolute Gasteiger partial charge is 0.355 e. The summed E-state index contributed by atoms with van der Waals surface area (Å²) in [5.74, 6) is 0.699. The van der Waals surface area contributed by atoms with E-state index in [1.807, 2.05) is 37.3 Å². The molecule has 0 fully saturated rings. The maximum atomic E-state index is 12.5. The third kappa shape index (κ3) is 6.87. The van der Waals surface area contributed by atoms with E-state index in [9.17, 15) is 13.2 Å². The highest BCUT2D eigenvalue weighted by Gasteiger charge is 2.15. The van der Waals surface area contributed by atoms with Crippen molar-refractivity contribution < 1.29 is 13.2 Å². The van der Waals surface area contributed by atoms with Crippen LogP contribution in [0.2, 0.25) is 0 Å². The van der Waals surface area contributed by atoms with E-state index in [0.29, 0.717) is 29.5 Å². The molecule has 0 unspecified atom stereocenters. The monoisotopic (exact) mass is 510 g/mol. The molecule has 4 aromatic rings. The summed E-state index contributed by atoms with van der Waals surface area (Å²) >= 11 is 1.32. The third-order valence-electron chi connectivity index (χ3n) is 5.20. The molecular formula is C24H26N6O3S2. The van der Waals surface area contributed by atoms with Crippen LogP contribution in [0.4, 0.5) is 0 Å². The van der Waals surface area contributed by atoms with Gasteiger partial charge in [0.2, 0.25) is 15.9 Å². The summed E-state index contributed by atoms with van der Waals surface area (Å²) in [6, 6.07) is 20.2. The topological polar surface area (TPSA) is 118 Å². The maximum Gasteiger partial charge on any atom is 0.240 e. The van der Waals surface area contributed by atoms with Crippen LogP contribution in [0, 0.1) is 6.92 Å². The zero-order valence-corrected chi connectivity index (χ0v) is 20.8. The van der Waals surface area contributed by atoms with Gasteiger partial charge in [0.1, 0.15) is 5.03 Å². The van der Waals surface area contributed by atoms with Gasteiger partial charge >= 0.3 is 0 Å². The van der Waals surface area contributed by atoms with Crippen LogP contribution in [-0.4, -0.2) is 53.0 Å². The van der Waals surface area contributed by atoms with Gasteiger partial charge in [0, 0.05) is 19.5 Å². The number of sulfonamides is 1. The minimum absolute atomic E-state index is 0.0673. The Morgan fingerprint density at radius 3 is 2.49 bits per heavy atom. The number of amides is 1. The molecule has 35 heavy (non-hydrogen) atoms. The minimum Gasteiger partial charge on any atom is -0.355 e. The van der Waals surface area contributed by atoms with Crippen LogP contribution >= 0.6 is 11.8 Å². The summed E-state index contributed by atoms with van der Waals surface area (Å²) in [7, 11) is -3.61. The fraction of sp³-hybridized carbons (Fsp3) is 0.250. The van der Waals surface area contributed by atoms with Crippen LogP contribution in [0.5, 0.6) is 0 Å². The summed E-state index contributed by atoms with van der Waals surface area (Å²) in [5.41, 5.74) is 2.72. The summed E-state index contributed by atoms with van der Waals surface area (Å²) < 4.78 is 29.1. The van der Waals surface area contributed by atoms with Crippen LogP contribution in [0.25, 0.3) is 5.65 Å². The number of carbonyl (C=O) groups excluding carboxylic acids is 1. The molecule has 11 heteroatoms. The number of carbonyl (C=O) groups is 1. The summed E-state index contributed by atoms with van der Waals surface area (Å²) in [5, 5.41) is 16.3. The number of benzene rings is 2. The van der Waals surface area contributed by atoms with Crippen LogP contribution < -0.4 is 10.0 Å². The van der Waals surface area contributed by atoms with Crippen LogP contribution in [0.15, 0.2) is 76.7 Å². The van der Waals surface area contributed by atoms with E-state index in [4.69, 9.17) is 0 Å². The third-order valence-corrected chi connectivity index (χ3v) is 7.60. The van der Waals surface area contributed by atoms with Gasteiger partial charge in [0.25, 0.3) is 0 Å². The normalized spacial score (nSPS) is 11.6. The van der Waals surface area contributed by atoms with Crippen molar-refractivity contribution >= 4 is 33.3 Å². The lowest BCUT2D eigenvalue weighted by Gasteiger charge is -2.07. The van der Waals surface area contributed by atoms with Crippen molar-refractivity contribution in [3.8, 4) is 0 Å². The molecular weight excluding hydrogens is 484 g/mol. The molecule has 0 atom stereocenters. The van der Waals surface area contributed by atoms with Crippen molar-refractivity contribution in [2.45, 2.75) is 29.7 Å². The molecule has 0 spiro atoms. The van der Waals surface area contributed by atoms with E-state index >= 15 is 0 Å². The minimum atomic E-state index is -3.61. The molecule has 2 aromatic heterocycles. The van der Waals surface area contributed by atoms with Crippen molar-refractivity contribution in [1.82, 2.24) is 29.9 Å². The lowest BCUT2D eigenvalue weighted by Crippen LogP contribution is -2.27. The zero-order chi connectivity index (χ0) is 24.7. The number of nitrogens with zero attached hydrogens (tertiary/aromatic N) is 4. The standard InChI is InChI=1S/C24H26N6O3S2/c1-18-7-9-20(10-8-18)35(32,33)26-16-14-22-28-27-21-11-12-24(29-30(21)22)34-17-23(31)25-15-13-19-5-3-2-4-6-19/h2-12,26H,13-17H2,1H3,(H,25,31). The Labute approximate surface area is 208 Å². The van der Waals surface area contributed by atoms with Gasteiger partial charge in [-0.1, -0.05) is 59.8 Å². The van der Waals surface area contributed by atoms with Crippen molar-refractivity contribution in [1.29, 1.82) is 0 Å². The van der Waals surface area contributed by atoms with Gasteiger partial charge in [0.15, 0.2) is 11.5 Å². The molecule has 4 rings (SSSR count). The molecule has 0 saturated carbocycles. The molecule has 0 bridgehead atoms. The number of nitrogens with one attached hydrogen (secondary N) is 2. The molecule has 0 aliphatic heterocycles. The highest BCUT2D eigenvalue weighted by Crippen LogP contribution is 2.16. The number of hydrogen-bond donors (Lipinski definition) is 2. The molecule has 2 aromatic carbocycles. The average Bonchev–Trinajstić information content (AvgIpc) is 3.26. The SMILES string of the molecule is Cc1ccc(S(=O)(=O)NCCc2nnc3ccc(SCC(=O)NCCc4ccccc4)nn23)cc1. The quantitative estimate of drug-likeness (QED) is 0.298. The highest BCUT2D eigenvalue weighted by molar-refractivity contribution is 7.99. The predicted molar refractivity (Wildman–Crippen MR) is 135 cm³/mol. The van der Waals surface area contributed by atoms with E-state index in [-0.39, 0.29) is 23.1 Å². The number of aromatic nitrogens is 4. The number of aryl methyl sites for hydroxylation is 1. The van der Waals surface area contributed by atoms with Crippen molar-refractivity contribution in [2.75, 3.05) is 18.8 Å². The summed E-state index contributed by atoms with van der Waals surface area (Å²) in [6.45, 7) is 2.63. The molecule has 1 amide bonds. The van der Waals surface area contributed by atoms with Gasteiger partial charge in [-0.2, -0.15) is 9.61 Å². The Balaban J connectivity index is 1.29. The van der Waals surface area contributed by atoms with E-state index in [1.54, 1.807) is 40.9 Å². The van der Waals surface area contributed by atoms with Gasteiger partial charge in [-0.25, -0.2) is 13.1 Å². The van der Waals surface area contributed by atoms with Gasteiger partial charge in [-0.15, -0.1) is 10.2 Å². The molecule has 9 nitrogen and oxygen atoms in total. The first-order chi connectivity index (χ1) is 16.9. The van der Waals surface area contributed by atoms with Crippen molar-refractivity contribution in [3.05, 3.63) is 83.7 Å². The van der Waals surface area contributed by atoms with E-state index in [0.717, 1.165) is 12.0 Å². The van der Waals surface area contributed by atoms with E-state index in [1.165, 1.54) is 17.3 Å². The van der Waals surface area contributed by atoms with Gasteiger partial charge in [-0.05, 0) is 43.2 Å². The molecule has 0 aliphatic carbocycles. The van der Waals surface area contributed by atoms with Gasteiger partial charge in [-0.3, -0.25) is 4.79 Å². The molecule has 0 radical (unpaired) electrons. The Hall–Kier alpha value is -3.28. The summed E-state index contributed by atoms with van der Waals surface area (Å²) in [4.78, 5) is 12.4. The number of rotatable bonds is 11.